The molecule has 0 saturated heterocycles. The Morgan fingerprint density at radius 3 is 2.28 bits per heavy atom. The number of ether oxygens (including phenoxy) is 3. The average Bonchev–Trinajstić information content (AvgIpc) is 2.58. The van der Waals surface area contributed by atoms with E-state index in [4.69, 9.17) is 14.2 Å². The monoisotopic (exact) mass is 358 g/mol. The molecule has 0 aliphatic carbocycles. The summed E-state index contributed by atoms with van der Waals surface area (Å²) in [5.41, 5.74) is -1.21. The summed E-state index contributed by atoms with van der Waals surface area (Å²) in [6.45, 7) is -0.305. The molecule has 0 unspecified atom stereocenters. The zero-order chi connectivity index (χ0) is 18.6. The Kier molecular flexibility index (Phi) is 5.51. The molecular formula is C17H14F4O4. The molecule has 4 nitrogen and oxygen atoms in total. The number of benzene rings is 2. The van der Waals surface area contributed by atoms with Crippen LogP contribution >= 0.6 is 0 Å². The Hall–Kier alpha value is -2.77. The van der Waals surface area contributed by atoms with Crippen LogP contribution in [0.25, 0.3) is 0 Å². The maximum Gasteiger partial charge on any atom is 0.419 e. The summed E-state index contributed by atoms with van der Waals surface area (Å²) in [5.74, 6) is -0.760. The van der Waals surface area contributed by atoms with E-state index in [-0.39, 0.29) is 29.2 Å². The minimum absolute atomic E-state index is 0.0732. The van der Waals surface area contributed by atoms with Crippen molar-refractivity contribution in [2.24, 2.45) is 0 Å². The molecule has 0 amide bonds. The van der Waals surface area contributed by atoms with E-state index < -0.39 is 17.6 Å². The van der Waals surface area contributed by atoms with Gasteiger partial charge in [0, 0.05) is 12.1 Å². The molecule has 0 heterocycles. The highest BCUT2D eigenvalue weighted by Crippen LogP contribution is 2.34. The van der Waals surface area contributed by atoms with Crippen molar-refractivity contribution in [1.82, 2.24) is 0 Å². The number of carbonyl (C=O) groups is 1. The molecule has 0 aliphatic heterocycles. The molecule has 0 spiro atoms. The first-order chi connectivity index (χ1) is 11.8. The fourth-order valence-corrected chi connectivity index (χ4v) is 2.14. The van der Waals surface area contributed by atoms with Crippen LogP contribution < -0.4 is 14.2 Å². The highest BCUT2D eigenvalue weighted by atomic mass is 19.4. The summed E-state index contributed by atoms with van der Waals surface area (Å²) in [4.78, 5) is 11.2. The molecule has 0 radical (unpaired) electrons. The molecule has 134 valence electrons. The van der Waals surface area contributed by atoms with Gasteiger partial charge in [0.05, 0.1) is 25.3 Å². The van der Waals surface area contributed by atoms with E-state index in [0.29, 0.717) is 24.2 Å². The Morgan fingerprint density at radius 2 is 1.72 bits per heavy atom. The Bertz CT molecular complexity index is 772. The van der Waals surface area contributed by atoms with Gasteiger partial charge in [0.25, 0.3) is 0 Å². The van der Waals surface area contributed by atoms with Gasteiger partial charge in [-0.2, -0.15) is 13.2 Å². The predicted molar refractivity (Wildman–Crippen MR) is 80.7 cm³/mol. The summed E-state index contributed by atoms with van der Waals surface area (Å²) in [7, 11) is 2.75. The maximum absolute atomic E-state index is 13.3. The Labute approximate surface area is 140 Å². The normalized spacial score (nSPS) is 11.1. The first kappa shape index (κ1) is 18.6. The van der Waals surface area contributed by atoms with Gasteiger partial charge in [0.15, 0.2) is 6.29 Å². The van der Waals surface area contributed by atoms with Gasteiger partial charge < -0.3 is 14.2 Å². The van der Waals surface area contributed by atoms with Crippen LogP contribution in [0.2, 0.25) is 0 Å². The number of aldehydes is 1. The van der Waals surface area contributed by atoms with Gasteiger partial charge in [-0.3, -0.25) is 4.79 Å². The largest absolute Gasteiger partial charge is 0.496 e. The fourth-order valence-electron chi connectivity index (χ4n) is 2.14. The zero-order valence-corrected chi connectivity index (χ0v) is 13.3. The topological polar surface area (TPSA) is 44.8 Å². The van der Waals surface area contributed by atoms with Crippen LogP contribution in [0.4, 0.5) is 17.6 Å². The number of hydrogen-bond donors (Lipinski definition) is 0. The van der Waals surface area contributed by atoms with Crippen LogP contribution in [0.15, 0.2) is 30.3 Å². The van der Waals surface area contributed by atoms with Gasteiger partial charge >= 0.3 is 6.18 Å². The van der Waals surface area contributed by atoms with Gasteiger partial charge in [0.2, 0.25) is 0 Å². The molecule has 25 heavy (non-hydrogen) atoms. The molecule has 0 aromatic heterocycles. The first-order valence-corrected chi connectivity index (χ1v) is 6.99. The van der Waals surface area contributed by atoms with Crippen LogP contribution in [-0.2, 0) is 12.8 Å². The van der Waals surface area contributed by atoms with Gasteiger partial charge in [0.1, 0.15) is 29.7 Å². The van der Waals surface area contributed by atoms with Crippen molar-refractivity contribution in [1.29, 1.82) is 0 Å². The van der Waals surface area contributed by atoms with Crippen LogP contribution in [0, 0.1) is 5.82 Å². The van der Waals surface area contributed by atoms with Crippen molar-refractivity contribution in [3.8, 4) is 17.2 Å². The summed E-state index contributed by atoms with van der Waals surface area (Å²) < 4.78 is 67.1. The maximum atomic E-state index is 13.3. The first-order valence-electron chi connectivity index (χ1n) is 6.99. The number of rotatable bonds is 6. The molecular weight excluding hydrogens is 344 g/mol. The van der Waals surface area contributed by atoms with Crippen molar-refractivity contribution in [2.45, 2.75) is 12.8 Å². The van der Waals surface area contributed by atoms with Crippen molar-refractivity contribution in [2.75, 3.05) is 14.2 Å². The third-order valence-corrected chi connectivity index (χ3v) is 3.38. The number of methoxy groups -OCH3 is 2. The predicted octanol–water partition coefficient (Wildman–Crippen LogP) is 4.25. The SMILES string of the molecule is COc1cc(OC)c(C=O)c(OCc2ccc(F)c(C(F)(F)F)c2)c1. The standard InChI is InChI=1S/C17H14F4O4/c1-23-11-6-15(24-2)12(8-22)16(7-11)25-9-10-3-4-14(18)13(5-10)17(19,20)21/h3-8H,9H2,1-2H3. The average molecular weight is 358 g/mol. The van der Waals surface area contributed by atoms with Gasteiger partial charge in [-0.15, -0.1) is 0 Å². The summed E-state index contributed by atoms with van der Waals surface area (Å²) >= 11 is 0. The lowest BCUT2D eigenvalue weighted by atomic mass is 10.1. The minimum Gasteiger partial charge on any atom is -0.496 e. The molecule has 8 heteroatoms. The van der Waals surface area contributed by atoms with Crippen LogP contribution in [0.5, 0.6) is 17.2 Å². The summed E-state index contributed by atoms with van der Waals surface area (Å²) in [6.07, 6.45) is -4.31. The summed E-state index contributed by atoms with van der Waals surface area (Å²) in [5, 5.41) is 0. The zero-order valence-electron chi connectivity index (χ0n) is 13.3. The highest BCUT2D eigenvalue weighted by molar-refractivity contribution is 5.84. The second-order valence-electron chi connectivity index (χ2n) is 4.96. The van der Waals surface area contributed by atoms with Gasteiger partial charge in [-0.1, -0.05) is 6.07 Å². The molecule has 0 atom stereocenters. The second kappa shape index (κ2) is 7.42. The quantitative estimate of drug-likeness (QED) is 0.572. The van der Waals surface area contributed by atoms with E-state index in [2.05, 4.69) is 0 Å². The molecule has 0 aliphatic rings. The van der Waals surface area contributed by atoms with E-state index in [1.165, 1.54) is 32.4 Å². The fraction of sp³-hybridized carbons (Fsp3) is 0.235. The lowest BCUT2D eigenvalue weighted by molar-refractivity contribution is -0.140. The third-order valence-electron chi connectivity index (χ3n) is 3.38. The molecule has 0 bridgehead atoms. The van der Waals surface area contributed by atoms with Crippen LogP contribution in [0.3, 0.4) is 0 Å². The molecule has 2 aromatic rings. The number of halogens is 4. The van der Waals surface area contributed by atoms with E-state index in [0.717, 1.165) is 0 Å². The number of carbonyl (C=O) groups excluding carboxylic acids is 1. The third kappa shape index (κ3) is 4.20. The lowest BCUT2D eigenvalue weighted by Gasteiger charge is -2.14. The van der Waals surface area contributed by atoms with E-state index >= 15 is 0 Å². The van der Waals surface area contributed by atoms with Crippen LogP contribution in [-0.4, -0.2) is 20.5 Å². The van der Waals surface area contributed by atoms with Crippen molar-refractivity contribution in [3.63, 3.8) is 0 Å². The van der Waals surface area contributed by atoms with Gasteiger partial charge in [-0.25, -0.2) is 4.39 Å². The van der Waals surface area contributed by atoms with Gasteiger partial charge in [-0.05, 0) is 17.7 Å². The van der Waals surface area contributed by atoms with Crippen molar-refractivity contribution < 1.29 is 36.6 Å². The Morgan fingerprint density at radius 1 is 1.04 bits per heavy atom. The number of hydrogen-bond acceptors (Lipinski definition) is 4. The molecule has 0 N–H and O–H groups in total. The number of alkyl halides is 3. The smallest absolute Gasteiger partial charge is 0.419 e. The molecule has 2 aromatic carbocycles. The van der Waals surface area contributed by atoms with E-state index in [1.54, 1.807) is 0 Å². The molecule has 0 saturated carbocycles. The summed E-state index contributed by atoms with van der Waals surface area (Å²) in [6, 6.07) is 5.42. The Balaban J connectivity index is 2.31. The van der Waals surface area contributed by atoms with Crippen molar-refractivity contribution >= 4 is 6.29 Å². The molecule has 0 fully saturated rings. The molecule has 2 rings (SSSR count). The van der Waals surface area contributed by atoms with Crippen molar-refractivity contribution in [3.05, 3.63) is 52.8 Å². The second-order valence-corrected chi connectivity index (χ2v) is 4.96. The minimum atomic E-state index is -4.81. The van der Waals surface area contributed by atoms with Crippen LogP contribution in [0.1, 0.15) is 21.5 Å². The lowest BCUT2D eigenvalue weighted by Crippen LogP contribution is -2.09. The van der Waals surface area contributed by atoms with E-state index in [9.17, 15) is 22.4 Å². The van der Waals surface area contributed by atoms with E-state index in [1.807, 2.05) is 0 Å². The highest BCUT2D eigenvalue weighted by Gasteiger charge is 2.34.